The van der Waals surface area contributed by atoms with Crippen molar-refractivity contribution < 1.29 is 22.1 Å². The summed E-state index contributed by atoms with van der Waals surface area (Å²) in [5.74, 6) is -0.630. The Morgan fingerprint density at radius 3 is 2.33 bits per heavy atom. The molecule has 0 aliphatic heterocycles. The highest BCUT2D eigenvalue weighted by molar-refractivity contribution is 7.91. The van der Waals surface area contributed by atoms with Gasteiger partial charge in [-0.1, -0.05) is 0 Å². The normalized spacial score (nSPS) is 11.5. The van der Waals surface area contributed by atoms with Crippen LogP contribution >= 0.6 is 0 Å². The number of fused-ring (bicyclic) bond motifs is 1. The summed E-state index contributed by atoms with van der Waals surface area (Å²) in [4.78, 5) is 21.2. The first-order valence-corrected chi connectivity index (χ1v) is 8.00. The molecular formula is C15H8FNO6S. The zero-order valence-electron chi connectivity index (χ0n) is 11.8. The van der Waals surface area contributed by atoms with Crippen LogP contribution in [0.1, 0.15) is 0 Å². The molecule has 2 aromatic carbocycles. The molecule has 9 heteroatoms. The van der Waals surface area contributed by atoms with Gasteiger partial charge < -0.3 is 4.42 Å². The van der Waals surface area contributed by atoms with E-state index >= 15 is 0 Å². The van der Waals surface area contributed by atoms with Crippen LogP contribution in [0.3, 0.4) is 0 Å². The Bertz CT molecular complexity index is 1120. The van der Waals surface area contributed by atoms with Crippen LogP contribution in [0.15, 0.2) is 67.5 Å². The van der Waals surface area contributed by atoms with Gasteiger partial charge in [-0.2, -0.15) is 0 Å². The third-order valence-corrected chi connectivity index (χ3v) is 5.06. The zero-order valence-corrected chi connectivity index (χ0v) is 12.6. The summed E-state index contributed by atoms with van der Waals surface area (Å²) in [6.45, 7) is 0. The summed E-state index contributed by atoms with van der Waals surface area (Å²) in [6, 6.07) is 8.38. The van der Waals surface area contributed by atoms with E-state index in [-0.39, 0.29) is 21.6 Å². The lowest BCUT2D eigenvalue weighted by molar-refractivity contribution is -0.384. The largest absolute Gasteiger partial charge is 0.422 e. The van der Waals surface area contributed by atoms with Crippen LogP contribution in [0.5, 0.6) is 0 Å². The zero-order chi connectivity index (χ0) is 17.5. The van der Waals surface area contributed by atoms with Crippen LogP contribution in [0, 0.1) is 15.9 Å². The first kappa shape index (κ1) is 15.8. The molecule has 0 atom stereocenters. The molecule has 0 saturated heterocycles. The number of halogens is 1. The Morgan fingerprint density at radius 2 is 1.71 bits per heavy atom. The molecule has 0 amide bonds. The van der Waals surface area contributed by atoms with E-state index < -0.39 is 31.1 Å². The molecule has 0 fully saturated rings. The Morgan fingerprint density at radius 1 is 1.04 bits per heavy atom. The number of rotatable bonds is 3. The number of nitro groups is 1. The number of non-ortho nitro benzene ring substituents is 1. The van der Waals surface area contributed by atoms with Crippen molar-refractivity contribution in [1.29, 1.82) is 0 Å². The van der Waals surface area contributed by atoms with Gasteiger partial charge in [-0.15, -0.1) is 0 Å². The predicted octanol–water partition coefficient (Wildman–Crippen LogP) is 2.67. The van der Waals surface area contributed by atoms with Gasteiger partial charge in [0.05, 0.1) is 9.82 Å². The fourth-order valence-corrected chi connectivity index (χ4v) is 3.43. The third-order valence-electron chi connectivity index (χ3n) is 3.31. The number of hydrogen-bond donors (Lipinski definition) is 0. The van der Waals surface area contributed by atoms with Crippen LogP contribution in [0.4, 0.5) is 10.1 Å². The second-order valence-electron chi connectivity index (χ2n) is 4.83. The second kappa shape index (κ2) is 5.53. The number of sulfone groups is 1. The minimum Gasteiger partial charge on any atom is -0.422 e. The number of nitro benzene ring substituents is 1. The van der Waals surface area contributed by atoms with Crippen molar-refractivity contribution in [2.45, 2.75) is 9.79 Å². The van der Waals surface area contributed by atoms with Crippen molar-refractivity contribution in [1.82, 2.24) is 0 Å². The van der Waals surface area contributed by atoms with Gasteiger partial charge in [0.2, 0.25) is 9.84 Å². The lowest BCUT2D eigenvalue weighted by atomic mass is 10.2. The van der Waals surface area contributed by atoms with Gasteiger partial charge >= 0.3 is 5.63 Å². The van der Waals surface area contributed by atoms with Crippen molar-refractivity contribution in [2.24, 2.45) is 0 Å². The van der Waals surface area contributed by atoms with Gasteiger partial charge in [-0.25, -0.2) is 17.6 Å². The smallest absolute Gasteiger partial charge is 0.355 e. The van der Waals surface area contributed by atoms with E-state index in [1.165, 1.54) is 6.07 Å². The van der Waals surface area contributed by atoms with E-state index in [1.807, 2.05) is 0 Å². The maximum absolute atomic E-state index is 12.9. The van der Waals surface area contributed by atoms with Crippen LogP contribution in [0.25, 0.3) is 11.0 Å². The highest BCUT2D eigenvalue weighted by atomic mass is 32.2. The SMILES string of the molecule is O=c1oc2ccc([N+](=O)[O-])cc2cc1S(=O)(=O)c1ccc(F)cc1. The minimum atomic E-state index is -4.25. The van der Waals surface area contributed by atoms with Crippen molar-refractivity contribution in [3.8, 4) is 0 Å². The predicted molar refractivity (Wildman–Crippen MR) is 81.0 cm³/mol. The fraction of sp³-hybridized carbons (Fsp3) is 0. The van der Waals surface area contributed by atoms with Crippen LogP contribution < -0.4 is 5.63 Å². The molecule has 0 bridgehead atoms. The molecule has 122 valence electrons. The fourth-order valence-electron chi connectivity index (χ4n) is 2.13. The number of hydrogen-bond acceptors (Lipinski definition) is 6. The molecule has 1 aromatic heterocycles. The Balaban J connectivity index is 2.24. The highest BCUT2D eigenvalue weighted by Gasteiger charge is 2.24. The Labute approximate surface area is 134 Å². The van der Waals surface area contributed by atoms with Gasteiger partial charge in [-0.05, 0) is 36.4 Å². The van der Waals surface area contributed by atoms with Crippen LogP contribution in [-0.4, -0.2) is 13.3 Å². The van der Waals surface area contributed by atoms with Gasteiger partial charge in [0.15, 0.2) is 4.90 Å². The summed E-state index contributed by atoms with van der Waals surface area (Å²) in [6.07, 6.45) is 0. The van der Waals surface area contributed by atoms with Crippen molar-refractivity contribution in [3.05, 3.63) is 74.9 Å². The van der Waals surface area contributed by atoms with E-state index in [0.717, 1.165) is 42.5 Å². The van der Waals surface area contributed by atoms with E-state index in [0.29, 0.717) is 0 Å². The van der Waals surface area contributed by atoms with E-state index in [1.54, 1.807) is 0 Å². The van der Waals surface area contributed by atoms with E-state index in [2.05, 4.69) is 0 Å². The molecule has 0 aliphatic rings. The summed E-state index contributed by atoms with van der Waals surface area (Å²) < 4.78 is 42.9. The molecular weight excluding hydrogens is 341 g/mol. The standard InChI is InChI=1S/C15H8FNO6S/c16-10-1-4-12(5-2-10)24(21,22)14-8-9-7-11(17(19)20)3-6-13(9)23-15(14)18/h1-8H. The summed E-state index contributed by atoms with van der Waals surface area (Å²) in [7, 11) is -4.25. The van der Waals surface area contributed by atoms with Crippen molar-refractivity contribution in [2.75, 3.05) is 0 Å². The van der Waals surface area contributed by atoms with Crippen molar-refractivity contribution >= 4 is 26.5 Å². The lowest BCUT2D eigenvalue weighted by Crippen LogP contribution is -2.14. The Hall–Kier alpha value is -3.07. The molecule has 0 saturated carbocycles. The maximum atomic E-state index is 12.9. The molecule has 7 nitrogen and oxygen atoms in total. The third kappa shape index (κ3) is 2.65. The summed E-state index contributed by atoms with van der Waals surface area (Å²) >= 11 is 0. The molecule has 3 rings (SSSR count). The lowest BCUT2D eigenvalue weighted by Gasteiger charge is -2.04. The van der Waals surface area contributed by atoms with Gasteiger partial charge in [0, 0.05) is 17.5 Å². The molecule has 0 radical (unpaired) electrons. The first-order chi connectivity index (χ1) is 11.3. The molecule has 0 spiro atoms. The average molecular weight is 349 g/mol. The Kier molecular flexibility index (Phi) is 3.64. The minimum absolute atomic E-state index is 0.0173. The molecule has 24 heavy (non-hydrogen) atoms. The second-order valence-corrected chi connectivity index (χ2v) is 6.75. The van der Waals surface area contributed by atoms with Crippen LogP contribution in [-0.2, 0) is 9.84 Å². The first-order valence-electron chi connectivity index (χ1n) is 6.52. The average Bonchev–Trinajstić information content (AvgIpc) is 2.54. The van der Waals surface area contributed by atoms with E-state index in [9.17, 15) is 27.7 Å². The molecule has 1 heterocycles. The highest BCUT2D eigenvalue weighted by Crippen LogP contribution is 2.24. The molecule has 0 aliphatic carbocycles. The summed E-state index contributed by atoms with van der Waals surface area (Å²) in [5.41, 5.74) is -1.37. The molecule has 0 unspecified atom stereocenters. The monoisotopic (exact) mass is 349 g/mol. The molecule has 3 aromatic rings. The van der Waals surface area contributed by atoms with Crippen LogP contribution in [0.2, 0.25) is 0 Å². The number of nitrogens with zero attached hydrogens (tertiary/aromatic N) is 1. The van der Waals surface area contributed by atoms with Gasteiger partial charge in [0.25, 0.3) is 5.69 Å². The summed E-state index contributed by atoms with van der Waals surface area (Å²) in [5, 5.41) is 10.9. The molecule has 0 N–H and O–H groups in total. The van der Waals surface area contributed by atoms with Gasteiger partial charge in [-0.3, -0.25) is 10.1 Å². The number of benzene rings is 2. The van der Waals surface area contributed by atoms with Gasteiger partial charge in [0.1, 0.15) is 11.4 Å². The quantitative estimate of drug-likeness (QED) is 0.311. The van der Waals surface area contributed by atoms with Crippen molar-refractivity contribution in [3.63, 3.8) is 0 Å². The maximum Gasteiger partial charge on any atom is 0.355 e. The topological polar surface area (TPSA) is 107 Å². The van der Waals surface area contributed by atoms with E-state index in [4.69, 9.17) is 4.42 Å².